The lowest BCUT2D eigenvalue weighted by molar-refractivity contribution is 0.0780. The first kappa shape index (κ1) is 24.8. The zero-order valence-corrected chi connectivity index (χ0v) is 20.0. The molecule has 0 amide bonds. The van der Waals surface area contributed by atoms with Gasteiger partial charge in [-0.3, -0.25) is 9.59 Å². The van der Waals surface area contributed by atoms with Crippen molar-refractivity contribution in [3.63, 3.8) is 0 Å². The monoisotopic (exact) mass is 422 g/mol. The van der Waals surface area contributed by atoms with Crippen LogP contribution < -0.4 is 4.74 Å². The summed E-state index contributed by atoms with van der Waals surface area (Å²) in [4.78, 5) is 27.0. The first-order chi connectivity index (χ1) is 14.7. The van der Waals surface area contributed by atoms with E-state index in [1.54, 1.807) is 31.4 Å². The number of benzene rings is 2. The van der Waals surface area contributed by atoms with Gasteiger partial charge in [0.15, 0.2) is 11.6 Å². The predicted molar refractivity (Wildman–Crippen MR) is 128 cm³/mol. The van der Waals surface area contributed by atoms with Crippen LogP contribution in [-0.4, -0.2) is 18.7 Å². The van der Waals surface area contributed by atoms with Crippen molar-refractivity contribution in [1.29, 1.82) is 0 Å². The smallest absolute Gasteiger partial charge is 0.173 e. The van der Waals surface area contributed by atoms with Crippen molar-refractivity contribution in [2.24, 2.45) is 11.8 Å². The lowest BCUT2D eigenvalue weighted by Crippen LogP contribution is -2.27. The molecule has 0 aromatic heterocycles. The Morgan fingerprint density at radius 3 is 1.81 bits per heavy atom. The summed E-state index contributed by atoms with van der Waals surface area (Å²) in [6.45, 7) is 10.8. The van der Waals surface area contributed by atoms with Gasteiger partial charge < -0.3 is 4.74 Å². The van der Waals surface area contributed by atoms with Gasteiger partial charge in [-0.1, -0.05) is 84.6 Å². The minimum absolute atomic E-state index is 0.0212. The maximum Gasteiger partial charge on any atom is 0.173 e. The van der Waals surface area contributed by atoms with E-state index >= 15 is 0 Å². The van der Waals surface area contributed by atoms with E-state index in [0.29, 0.717) is 29.2 Å². The van der Waals surface area contributed by atoms with Crippen LogP contribution in [0.15, 0.2) is 48.5 Å². The lowest BCUT2D eigenvalue weighted by atomic mass is 9.80. The molecule has 3 nitrogen and oxygen atoms in total. The molecule has 168 valence electrons. The summed E-state index contributed by atoms with van der Waals surface area (Å²) >= 11 is 0. The van der Waals surface area contributed by atoms with Crippen molar-refractivity contribution in [2.75, 3.05) is 7.11 Å². The first-order valence-corrected chi connectivity index (χ1v) is 11.5. The molecular formula is C28H38O3. The Kier molecular flexibility index (Phi) is 9.03. The molecule has 2 aromatic carbocycles. The number of carbonyl (C=O) groups is 2. The van der Waals surface area contributed by atoms with E-state index in [0.717, 1.165) is 25.7 Å². The van der Waals surface area contributed by atoms with Crippen LogP contribution in [0.1, 0.15) is 93.0 Å². The third-order valence-electron chi connectivity index (χ3n) is 6.16. The molecule has 0 radical (unpaired) electrons. The minimum Gasteiger partial charge on any atom is -0.497 e. The minimum atomic E-state index is -0.657. The molecule has 0 fully saturated rings. The van der Waals surface area contributed by atoms with Crippen LogP contribution in [0.4, 0.5) is 0 Å². The fraction of sp³-hybridized carbons (Fsp3) is 0.500. The van der Waals surface area contributed by atoms with E-state index in [2.05, 4.69) is 34.6 Å². The van der Waals surface area contributed by atoms with Crippen LogP contribution >= 0.6 is 0 Å². The maximum atomic E-state index is 13.5. The standard InChI is InChI=1S/C28H38O3/c1-7-9-10-20(8-2)19-25(27(30)22-13-17-24(31-6)18-14-22)26(29)21-11-15-23(16-12-21)28(3,4)5/h11-18,20,25H,7-10,19H2,1-6H3. The highest BCUT2D eigenvalue weighted by molar-refractivity contribution is 6.16. The number of ether oxygens (including phenoxy) is 1. The van der Waals surface area contributed by atoms with Gasteiger partial charge in [-0.15, -0.1) is 0 Å². The Hall–Kier alpha value is -2.42. The average molecular weight is 423 g/mol. The van der Waals surface area contributed by atoms with Crippen molar-refractivity contribution in [2.45, 2.75) is 72.1 Å². The molecular weight excluding hydrogens is 384 g/mol. The Labute approximate surface area is 188 Å². The second kappa shape index (κ2) is 11.3. The molecule has 2 atom stereocenters. The maximum absolute atomic E-state index is 13.5. The summed E-state index contributed by atoms with van der Waals surface area (Å²) in [5.41, 5.74) is 2.38. The number of Topliss-reactive ketones (excluding diaryl/α,β-unsaturated/α-hetero) is 2. The zero-order chi connectivity index (χ0) is 23.0. The summed E-state index contributed by atoms with van der Waals surface area (Å²) in [6.07, 6.45) is 4.87. The van der Waals surface area contributed by atoms with E-state index in [9.17, 15) is 9.59 Å². The number of carbonyl (C=O) groups excluding carboxylic acids is 2. The van der Waals surface area contributed by atoms with Gasteiger partial charge in [-0.25, -0.2) is 0 Å². The van der Waals surface area contributed by atoms with E-state index in [1.807, 2.05) is 24.3 Å². The van der Waals surface area contributed by atoms with Crippen LogP contribution in [0.2, 0.25) is 0 Å². The summed E-state index contributed by atoms with van der Waals surface area (Å²) in [5, 5.41) is 0. The number of ketones is 2. The van der Waals surface area contributed by atoms with E-state index < -0.39 is 5.92 Å². The Morgan fingerprint density at radius 1 is 0.871 bits per heavy atom. The summed E-state index contributed by atoms with van der Waals surface area (Å²) in [7, 11) is 1.60. The molecule has 2 unspecified atom stereocenters. The topological polar surface area (TPSA) is 43.4 Å². The fourth-order valence-electron chi connectivity index (χ4n) is 3.94. The number of hydrogen-bond donors (Lipinski definition) is 0. The predicted octanol–water partition coefficient (Wildman–Crippen LogP) is 7.28. The van der Waals surface area contributed by atoms with E-state index in [1.165, 1.54) is 5.56 Å². The van der Waals surface area contributed by atoms with Crippen molar-refractivity contribution < 1.29 is 14.3 Å². The average Bonchev–Trinajstić information content (AvgIpc) is 2.78. The molecule has 0 spiro atoms. The summed E-state index contributed by atoms with van der Waals surface area (Å²) in [6, 6.07) is 14.9. The van der Waals surface area contributed by atoms with Gasteiger partial charge in [0, 0.05) is 11.1 Å². The molecule has 2 rings (SSSR count). The number of methoxy groups -OCH3 is 1. The van der Waals surface area contributed by atoms with Crippen LogP contribution in [0.25, 0.3) is 0 Å². The molecule has 0 aliphatic carbocycles. The second-order valence-electron chi connectivity index (χ2n) is 9.49. The van der Waals surface area contributed by atoms with Crippen molar-refractivity contribution in [3.8, 4) is 5.75 Å². The van der Waals surface area contributed by atoms with Crippen LogP contribution in [0.3, 0.4) is 0 Å². The van der Waals surface area contributed by atoms with E-state index in [4.69, 9.17) is 4.74 Å². The fourth-order valence-corrected chi connectivity index (χ4v) is 3.94. The largest absolute Gasteiger partial charge is 0.497 e. The van der Waals surface area contributed by atoms with Gasteiger partial charge in [0.05, 0.1) is 13.0 Å². The Balaban J connectivity index is 2.35. The molecule has 0 N–H and O–H groups in total. The molecule has 0 saturated heterocycles. The Bertz CT molecular complexity index is 841. The van der Waals surface area contributed by atoms with Gasteiger partial charge in [0.1, 0.15) is 5.75 Å². The number of unbranched alkanes of at least 4 members (excludes halogenated alkanes) is 1. The number of hydrogen-bond acceptors (Lipinski definition) is 3. The van der Waals surface area contributed by atoms with Crippen LogP contribution in [0.5, 0.6) is 5.75 Å². The van der Waals surface area contributed by atoms with Gasteiger partial charge >= 0.3 is 0 Å². The van der Waals surface area contributed by atoms with Crippen LogP contribution in [0, 0.1) is 11.8 Å². The molecule has 3 heteroatoms. The molecule has 31 heavy (non-hydrogen) atoms. The highest BCUT2D eigenvalue weighted by Gasteiger charge is 2.31. The quantitative estimate of drug-likeness (QED) is 0.282. The van der Waals surface area contributed by atoms with Gasteiger partial charge in [-0.2, -0.15) is 0 Å². The molecule has 0 heterocycles. The zero-order valence-electron chi connectivity index (χ0n) is 20.0. The molecule has 0 aliphatic rings. The SMILES string of the molecule is CCCCC(CC)CC(C(=O)c1ccc(OC)cc1)C(=O)c1ccc(C(C)(C)C)cc1. The second-order valence-corrected chi connectivity index (χ2v) is 9.49. The molecule has 0 bridgehead atoms. The lowest BCUT2D eigenvalue weighted by Gasteiger charge is -2.22. The van der Waals surface area contributed by atoms with Crippen LogP contribution in [-0.2, 0) is 5.41 Å². The first-order valence-electron chi connectivity index (χ1n) is 11.5. The molecule has 2 aromatic rings. The van der Waals surface area contributed by atoms with Gasteiger partial charge in [-0.05, 0) is 47.6 Å². The van der Waals surface area contributed by atoms with E-state index in [-0.39, 0.29) is 17.0 Å². The Morgan fingerprint density at radius 2 is 1.39 bits per heavy atom. The highest BCUT2D eigenvalue weighted by Crippen LogP contribution is 2.29. The van der Waals surface area contributed by atoms with Crippen molar-refractivity contribution >= 4 is 11.6 Å². The third-order valence-corrected chi connectivity index (χ3v) is 6.16. The third kappa shape index (κ3) is 6.78. The summed E-state index contributed by atoms with van der Waals surface area (Å²) < 4.78 is 5.21. The van der Waals surface area contributed by atoms with Gasteiger partial charge in [0.2, 0.25) is 0 Å². The highest BCUT2D eigenvalue weighted by atomic mass is 16.5. The van der Waals surface area contributed by atoms with Crippen molar-refractivity contribution in [3.05, 3.63) is 65.2 Å². The molecule has 0 saturated carbocycles. The van der Waals surface area contributed by atoms with Gasteiger partial charge in [0.25, 0.3) is 0 Å². The molecule has 0 aliphatic heterocycles. The normalized spacial score (nSPS) is 13.5. The van der Waals surface area contributed by atoms with Crippen molar-refractivity contribution in [1.82, 2.24) is 0 Å². The summed E-state index contributed by atoms with van der Waals surface area (Å²) in [5.74, 6) is 0.242. The number of rotatable bonds is 11.